The Labute approximate surface area is 127 Å². The molecule has 7 heteroatoms. The number of carbonyl (C=O) groups excluding carboxylic acids is 2. The molecule has 0 aliphatic carbocycles. The van der Waals surface area contributed by atoms with E-state index in [-0.39, 0.29) is 5.91 Å². The van der Waals surface area contributed by atoms with E-state index in [4.69, 9.17) is 4.74 Å². The summed E-state index contributed by atoms with van der Waals surface area (Å²) in [5, 5.41) is 3.15. The minimum Gasteiger partial charge on any atom is -0.495 e. The number of hydrogen-bond donors (Lipinski definition) is 1. The van der Waals surface area contributed by atoms with E-state index in [2.05, 4.69) is 10.3 Å². The standard InChI is InChI=1S/C14H17N3O3S/c1-4-17-11(18)8-21-14(17)16-13(19)15-12-9(2)6-5-7-10(12)20-3/h5-7H,4,8H2,1-3H3,(H,15,19). The average Bonchev–Trinajstić information content (AvgIpc) is 2.81. The van der Waals surface area contributed by atoms with E-state index in [1.54, 1.807) is 13.2 Å². The fraction of sp³-hybridized carbons (Fsp3) is 0.357. The van der Waals surface area contributed by atoms with Crippen molar-refractivity contribution in [3.8, 4) is 5.75 Å². The second-order valence-corrected chi connectivity index (χ2v) is 5.35. The number of urea groups is 1. The van der Waals surface area contributed by atoms with E-state index in [1.807, 2.05) is 26.0 Å². The first kappa shape index (κ1) is 15.4. The Kier molecular flexibility index (Phi) is 4.85. The summed E-state index contributed by atoms with van der Waals surface area (Å²) < 4.78 is 5.22. The van der Waals surface area contributed by atoms with Crippen LogP contribution in [0.5, 0.6) is 5.75 Å². The van der Waals surface area contributed by atoms with Gasteiger partial charge in [-0.1, -0.05) is 23.9 Å². The van der Waals surface area contributed by atoms with Crippen LogP contribution in [0.25, 0.3) is 0 Å². The molecular weight excluding hydrogens is 290 g/mol. The Bertz CT molecular complexity index is 601. The molecule has 0 saturated carbocycles. The number of carbonyl (C=O) groups is 2. The summed E-state index contributed by atoms with van der Waals surface area (Å²) in [6, 6.07) is 4.97. The number of methoxy groups -OCH3 is 1. The van der Waals surface area contributed by atoms with Crippen LogP contribution in [-0.4, -0.2) is 41.4 Å². The predicted molar refractivity (Wildman–Crippen MR) is 84.0 cm³/mol. The van der Waals surface area contributed by atoms with Crippen LogP contribution < -0.4 is 10.1 Å². The fourth-order valence-corrected chi connectivity index (χ4v) is 2.93. The number of aryl methyl sites for hydroxylation is 1. The SMILES string of the molecule is CCN1C(=O)CSC1=NC(=O)Nc1c(C)cccc1OC. The van der Waals surface area contributed by atoms with Crippen LogP contribution in [0.3, 0.4) is 0 Å². The first-order valence-corrected chi connectivity index (χ1v) is 7.51. The molecule has 3 amide bonds. The number of aliphatic imine (C=N–C) groups is 1. The van der Waals surface area contributed by atoms with Gasteiger partial charge in [-0.3, -0.25) is 9.69 Å². The largest absolute Gasteiger partial charge is 0.495 e. The van der Waals surface area contributed by atoms with Crippen molar-refractivity contribution >= 4 is 34.6 Å². The number of hydrogen-bond acceptors (Lipinski definition) is 4. The number of anilines is 1. The molecule has 1 aliphatic heterocycles. The van der Waals surface area contributed by atoms with E-state index < -0.39 is 6.03 Å². The summed E-state index contributed by atoms with van der Waals surface area (Å²) in [6.45, 7) is 4.23. The topological polar surface area (TPSA) is 71.0 Å². The van der Waals surface area contributed by atoms with Gasteiger partial charge in [-0.15, -0.1) is 0 Å². The number of amides is 3. The molecule has 0 atom stereocenters. The number of nitrogens with one attached hydrogen (secondary N) is 1. The smallest absolute Gasteiger partial charge is 0.347 e. The molecule has 6 nitrogen and oxygen atoms in total. The van der Waals surface area contributed by atoms with Crippen LogP contribution in [0.2, 0.25) is 0 Å². The van der Waals surface area contributed by atoms with Gasteiger partial charge >= 0.3 is 6.03 Å². The number of rotatable bonds is 3. The van der Waals surface area contributed by atoms with Crippen molar-refractivity contribution in [3.63, 3.8) is 0 Å². The Morgan fingerprint density at radius 1 is 1.52 bits per heavy atom. The second kappa shape index (κ2) is 6.62. The lowest BCUT2D eigenvalue weighted by Gasteiger charge is -2.13. The van der Waals surface area contributed by atoms with Crippen molar-refractivity contribution in [1.82, 2.24) is 4.90 Å². The predicted octanol–water partition coefficient (Wildman–Crippen LogP) is 2.49. The molecule has 21 heavy (non-hydrogen) atoms. The van der Waals surface area contributed by atoms with Crippen LogP contribution in [-0.2, 0) is 4.79 Å². The number of nitrogens with zero attached hydrogens (tertiary/aromatic N) is 2. The zero-order valence-electron chi connectivity index (χ0n) is 12.2. The van der Waals surface area contributed by atoms with Gasteiger partial charge in [0.1, 0.15) is 5.75 Å². The Morgan fingerprint density at radius 2 is 2.29 bits per heavy atom. The summed E-state index contributed by atoms with van der Waals surface area (Å²) >= 11 is 1.27. The van der Waals surface area contributed by atoms with Gasteiger partial charge in [0.05, 0.1) is 18.6 Å². The van der Waals surface area contributed by atoms with Gasteiger partial charge in [-0.05, 0) is 25.5 Å². The highest BCUT2D eigenvalue weighted by molar-refractivity contribution is 8.15. The van der Waals surface area contributed by atoms with Gasteiger partial charge in [0.15, 0.2) is 5.17 Å². The normalized spacial score (nSPS) is 16.4. The molecule has 1 saturated heterocycles. The molecule has 1 fully saturated rings. The van der Waals surface area contributed by atoms with Crippen molar-refractivity contribution in [3.05, 3.63) is 23.8 Å². The summed E-state index contributed by atoms with van der Waals surface area (Å²) in [7, 11) is 1.54. The maximum atomic E-state index is 12.1. The van der Waals surface area contributed by atoms with Gasteiger partial charge in [-0.2, -0.15) is 4.99 Å². The molecule has 1 aliphatic rings. The average molecular weight is 307 g/mol. The van der Waals surface area contributed by atoms with Crippen molar-refractivity contribution in [2.45, 2.75) is 13.8 Å². The fourth-order valence-electron chi connectivity index (χ4n) is 1.99. The van der Waals surface area contributed by atoms with E-state index >= 15 is 0 Å². The number of ether oxygens (including phenoxy) is 1. The maximum Gasteiger partial charge on any atom is 0.347 e. The first-order valence-electron chi connectivity index (χ1n) is 6.53. The molecule has 0 spiro atoms. The molecule has 2 rings (SSSR count). The molecule has 1 aromatic carbocycles. The summed E-state index contributed by atoms with van der Waals surface area (Å²) in [4.78, 5) is 29.1. The molecular formula is C14H17N3O3S. The number of para-hydroxylation sites is 1. The molecule has 0 aromatic heterocycles. The van der Waals surface area contributed by atoms with Crippen molar-refractivity contribution in [2.75, 3.05) is 24.7 Å². The van der Waals surface area contributed by atoms with Crippen LogP contribution in [0.1, 0.15) is 12.5 Å². The first-order chi connectivity index (χ1) is 10.1. The minimum absolute atomic E-state index is 0.0254. The van der Waals surface area contributed by atoms with Crippen molar-refractivity contribution in [2.24, 2.45) is 4.99 Å². The summed E-state index contributed by atoms with van der Waals surface area (Å²) in [5.41, 5.74) is 1.47. The highest BCUT2D eigenvalue weighted by Gasteiger charge is 2.27. The highest BCUT2D eigenvalue weighted by Crippen LogP contribution is 2.28. The third-order valence-corrected chi connectivity index (χ3v) is 4.02. The number of amidine groups is 1. The third-order valence-electron chi connectivity index (χ3n) is 3.06. The molecule has 1 heterocycles. The van der Waals surface area contributed by atoms with E-state index in [9.17, 15) is 9.59 Å². The van der Waals surface area contributed by atoms with Gasteiger partial charge < -0.3 is 10.1 Å². The monoisotopic (exact) mass is 307 g/mol. The second-order valence-electron chi connectivity index (χ2n) is 4.40. The molecule has 0 radical (unpaired) electrons. The van der Waals surface area contributed by atoms with Crippen LogP contribution in [0.4, 0.5) is 10.5 Å². The third kappa shape index (κ3) is 3.36. The van der Waals surface area contributed by atoms with E-state index in [0.29, 0.717) is 28.9 Å². The lowest BCUT2D eigenvalue weighted by atomic mass is 10.2. The van der Waals surface area contributed by atoms with Gasteiger partial charge in [0, 0.05) is 6.54 Å². The molecule has 1 N–H and O–H groups in total. The Balaban J connectivity index is 2.18. The lowest BCUT2D eigenvalue weighted by molar-refractivity contribution is -0.123. The number of benzene rings is 1. The van der Waals surface area contributed by atoms with Crippen molar-refractivity contribution in [1.29, 1.82) is 0 Å². The summed E-state index contributed by atoms with van der Waals surface area (Å²) in [6.07, 6.45) is 0. The zero-order chi connectivity index (χ0) is 15.4. The van der Waals surface area contributed by atoms with Crippen molar-refractivity contribution < 1.29 is 14.3 Å². The van der Waals surface area contributed by atoms with E-state index in [0.717, 1.165) is 5.56 Å². The maximum absolute atomic E-state index is 12.1. The Hall–Kier alpha value is -2.02. The van der Waals surface area contributed by atoms with Crippen LogP contribution in [0, 0.1) is 6.92 Å². The van der Waals surface area contributed by atoms with Gasteiger partial charge in [-0.25, -0.2) is 4.79 Å². The summed E-state index contributed by atoms with van der Waals surface area (Å²) in [5.74, 6) is 0.877. The van der Waals surface area contributed by atoms with Gasteiger partial charge in [0.2, 0.25) is 5.91 Å². The molecule has 112 valence electrons. The number of thioether (sulfide) groups is 1. The van der Waals surface area contributed by atoms with E-state index in [1.165, 1.54) is 16.7 Å². The quantitative estimate of drug-likeness (QED) is 0.931. The van der Waals surface area contributed by atoms with Gasteiger partial charge in [0.25, 0.3) is 0 Å². The molecule has 0 bridgehead atoms. The molecule has 1 aromatic rings. The van der Waals surface area contributed by atoms with Crippen LogP contribution in [0.15, 0.2) is 23.2 Å². The minimum atomic E-state index is -0.516. The Morgan fingerprint density at radius 3 is 2.95 bits per heavy atom. The highest BCUT2D eigenvalue weighted by atomic mass is 32.2. The molecule has 0 unspecified atom stereocenters. The van der Waals surface area contributed by atoms with Crippen LogP contribution >= 0.6 is 11.8 Å². The zero-order valence-corrected chi connectivity index (χ0v) is 13.0. The lowest BCUT2D eigenvalue weighted by Crippen LogP contribution is -2.30.